The number of nitrogens with zero attached hydrogens (tertiary/aromatic N) is 1. The van der Waals surface area contributed by atoms with Crippen LogP contribution in [-0.4, -0.2) is 4.92 Å². The molecule has 4 heteroatoms. The summed E-state index contributed by atoms with van der Waals surface area (Å²) >= 11 is 0. The second kappa shape index (κ2) is 2.57. The third-order valence-corrected chi connectivity index (χ3v) is 2.06. The molecular weight excluding hydrogens is 156 g/mol. The normalized spacial score (nSPS) is 14.3. The molecule has 12 heavy (non-hydrogen) atoms. The number of nitrogens with one attached hydrogen (secondary N) is 1. The van der Waals surface area contributed by atoms with Crippen LogP contribution in [0.5, 0.6) is 0 Å². The van der Waals surface area contributed by atoms with E-state index < -0.39 is 0 Å². The molecule has 62 valence electrons. The summed E-state index contributed by atoms with van der Waals surface area (Å²) in [6.45, 7) is 1.36. The molecule has 0 unspecified atom stereocenters. The maximum atomic E-state index is 10.5. The van der Waals surface area contributed by atoms with Crippen LogP contribution in [0.3, 0.4) is 0 Å². The van der Waals surface area contributed by atoms with Crippen molar-refractivity contribution in [1.82, 2.24) is 5.32 Å². The first-order valence-electron chi connectivity index (χ1n) is 3.75. The zero-order chi connectivity index (χ0) is 8.55. The van der Waals surface area contributed by atoms with Crippen molar-refractivity contribution in [3.05, 3.63) is 39.4 Å². The fourth-order valence-corrected chi connectivity index (χ4v) is 1.48. The molecule has 0 spiro atoms. The Kier molecular flexibility index (Phi) is 1.55. The quantitative estimate of drug-likeness (QED) is 0.501. The Balaban J connectivity index is 2.56. The summed E-state index contributed by atoms with van der Waals surface area (Å²) in [5.41, 5.74) is 2.12. The SMILES string of the molecule is O=[N+]([O-])c1cccc2c1CNC2. The lowest BCUT2D eigenvalue weighted by Crippen LogP contribution is -2.01. The molecule has 1 aliphatic heterocycles. The van der Waals surface area contributed by atoms with Gasteiger partial charge in [-0.3, -0.25) is 10.1 Å². The van der Waals surface area contributed by atoms with Gasteiger partial charge in [-0.05, 0) is 5.56 Å². The Morgan fingerprint density at radius 2 is 2.25 bits per heavy atom. The summed E-state index contributed by atoms with van der Waals surface area (Å²) < 4.78 is 0. The van der Waals surface area contributed by atoms with Gasteiger partial charge in [0.15, 0.2) is 0 Å². The van der Waals surface area contributed by atoms with Crippen LogP contribution in [0.2, 0.25) is 0 Å². The van der Waals surface area contributed by atoms with Crippen LogP contribution in [-0.2, 0) is 13.1 Å². The van der Waals surface area contributed by atoms with Crippen molar-refractivity contribution >= 4 is 5.69 Å². The van der Waals surface area contributed by atoms with E-state index in [9.17, 15) is 10.1 Å². The molecule has 0 amide bonds. The maximum absolute atomic E-state index is 10.5. The van der Waals surface area contributed by atoms with E-state index in [0.29, 0.717) is 6.54 Å². The predicted octanol–water partition coefficient (Wildman–Crippen LogP) is 1.20. The highest BCUT2D eigenvalue weighted by Gasteiger charge is 2.20. The topological polar surface area (TPSA) is 55.2 Å². The van der Waals surface area contributed by atoms with Gasteiger partial charge in [-0.25, -0.2) is 0 Å². The molecule has 1 N–H and O–H groups in total. The number of hydrogen-bond acceptors (Lipinski definition) is 3. The van der Waals surface area contributed by atoms with Gasteiger partial charge < -0.3 is 5.32 Å². The Labute approximate surface area is 69.4 Å². The van der Waals surface area contributed by atoms with E-state index in [1.54, 1.807) is 12.1 Å². The lowest BCUT2D eigenvalue weighted by Gasteiger charge is -1.97. The van der Waals surface area contributed by atoms with Crippen molar-refractivity contribution in [2.24, 2.45) is 0 Å². The summed E-state index contributed by atoms with van der Waals surface area (Å²) in [5, 5.41) is 13.6. The van der Waals surface area contributed by atoms with Crippen LogP contribution in [0.15, 0.2) is 18.2 Å². The molecule has 0 aromatic heterocycles. The summed E-state index contributed by atoms with van der Waals surface area (Å²) in [7, 11) is 0. The van der Waals surface area contributed by atoms with Crippen LogP contribution in [0.4, 0.5) is 5.69 Å². The standard InChI is InChI=1S/C8H8N2O2/c11-10(12)8-3-1-2-6-4-9-5-7(6)8/h1-3,9H,4-5H2. The lowest BCUT2D eigenvalue weighted by atomic mass is 10.1. The van der Waals surface area contributed by atoms with Gasteiger partial charge in [0.1, 0.15) is 0 Å². The minimum absolute atomic E-state index is 0.234. The molecule has 0 aliphatic carbocycles. The van der Waals surface area contributed by atoms with Gasteiger partial charge in [-0.15, -0.1) is 0 Å². The summed E-state index contributed by atoms with van der Waals surface area (Å²) in [6.07, 6.45) is 0. The number of nitro groups is 1. The van der Waals surface area contributed by atoms with E-state index >= 15 is 0 Å². The molecule has 0 atom stereocenters. The molecule has 1 aliphatic rings. The van der Waals surface area contributed by atoms with Crippen LogP contribution < -0.4 is 5.32 Å². The first kappa shape index (κ1) is 7.24. The number of hydrogen-bond donors (Lipinski definition) is 1. The molecule has 4 nitrogen and oxygen atoms in total. The van der Waals surface area contributed by atoms with Crippen molar-refractivity contribution in [2.75, 3.05) is 0 Å². The van der Waals surface area contributed by atoms with Crippen molar-refractivity contribution in [1.29, 1.82) is 0 Å². The maximum Gasteiger partial charge on any atom is 0.274 e. The first-order valence-corrected chi connectivity index (χ1v) is 3.75. The average molecular weight is 164 g/mol. The number of nitro benzene ring substituents is 1. The molecule has 0 fully saturated rings. The van der Waals surface area contributed by atoms with E-state index in [-0.39, 0.29) is 10.6 Å². The van der Waals surface area contributed by atoms with Crippen LogP contribution >= 0.6 is 0 Å². The Morgan fingerprint density at radius 3 is 3.00 bits per heavy atom. The van der Waals surface area contributed by atoms with E-state index in [2.05, 4.69) is 5.32 Å². The highest BCUT2D eigenvalue weighted by Crippen LogP contribution is 2.25. The van der Waals surface area contributed by atoms with E-state index in [1.807, 2.05) is 6.07 Å². The van der Waals surface area contributed by atoms with Crippen molar-refractivity contribution < 1.29 is 4.92 Å². The zero-order valence-corrected chi connectivity index (χ0v) is 6.41. The molecular formula is C8H8N2O2. The van der Waals surface area contributed by atoms with Gasteiger partial charge in [-0.2, -0.15) is 0 Å². The third kappa shape index (κ3) is 0.967. The van der Waals surface area contributed by atoms with Gasteiger partial charge in [0.2, 0.25) is 0 Å². The Morgan fingerprint density at radius 1 is 1.42 bits per heavy atom. The second-order valence-corrected chi connectivity index (χ2v) is 2.78. The van der Waals surface area contributed by atoms with Crippen LogP contribution in [0.25, 0.3) is 0 Å². The number of fused-ring (bicyclic) bond motifs is 1. The van der Waals surface area contributed by atoms with Gasteiger partial charge in [0, 0.05) is 24.7 Å². The van der Waals surface area contributed by atoms with Gasteiger partial charge in [0.25, 0.3) is 5.69 Å². The molecule has 0 radical (unpaired) electrons. The zero-order valence-electron chi connectivity index (χ0n) is 6.41. The van der Waals surface area contributed by atoms with E-state index in [1.165, 1.54) is 0 Å². The lowest BCUT2D eigenvalue weighted by molar-refractivity contribution is -0.385. The van der Waals surface area contributed by atoms with Gasteiger partial charge >= 0.3 is 0 Å². The fraction of sp³-hybridized carbons (Fsp3) is 0.250. The van der Waals surface area contributed by atoms with Crippen molar-refractivity contribution in [3.63, 3.8) is 0 Å². The summed E-state index contributed by atoms with van der Waals surface area (Å²) in [6, 6.07) is 5.19. The smallest absolute Gasteiger partial charge is 0.274 e. The Bertz CT molecular complexity index is 336. The van der Waals surface area contributed by atoms with Gasteiger partial charge in [0.05, 0.1) is 4.92 Å². The van der Waals surface area contributed by atoms with E-state index in [0.717, 1.165) is 17.7 Å². The van der Waals surface area contributed by atoms with Crippen LogP contribution in [0, 0.1) is 10.1 Å². The Hall–Kier alpha value is -1.42. The number of rotatable bonds is 1. The minimum atomic E-state index is -0.328. The second-order valence-electron chi connectivity index (χ2n) is 2.78. The third-order valence-electron chi connectivity index (χ3n) is 2.06. The summed E-state index contributed by atoms with van der Waals surface area (Å²) in [5.74, 6) is 0. The molecule has 1 aromatic carbocycles. The molecule has 0 saturated carbocycles. The fourth-order valence-electron chi connectivity index (χ4n) is 1.48. The predicted molar refractivity (Wildman–Crippen MR) is 43.6 cm³/mol. The highest BCUT2D eigenvalue weighted by molar-refractivity contribution is 5.47. The minimum Gasteiger partial charge on any atom is -0.308 e. The van der Waals surface area contributed by atoms with Gasteiger partial charge in [-0.1, -0.05) is 12.1 Å². The number of benzene rings is 1. The molecule has 1 aromatic rings. The summed E-state index contributed by atoms with van der Waals surface area (Å²) in [4.78, 5) is 10.2. The molecule has 1 heterocycles. The monoisotopic (exact) mass is 164 g/mol. The van der Waals surface area contributed by atoms with Crippen molar-refractivity contribution in [2.45, 2.75) is 13.1 Å². The molecule has 2 rings (SSSR count). The first-order chi connectivity index (χ1) is 5.79. The molecule has 0 bridgehead atoms. The average Bonchev–Trinajstić information content (AvgIpc) is 2.49. The van der Waals surface area contributed by atoms with Crippen LogP contribution in [0.1, 0.15) is 11.1 Å². The molecule has 0 saturated heterocycles. The largest absolute Gasteiger partial charge is 0.308 e. The van der Waals surface area contributed by atoms with E-state index in [4.69, 9.17) is 0 Å². The highest BCUT2D eigenvalue weighted by atomic mass is 16.6. The van der Waals surface area contributed by atoms with Crippen molar-refractivity contribution in [3.8, 4) is 0 Å².